The zero-order valence-corrected chi connectivity index (χ0v) is 18.6. The predicted octanol–water partition coefficient (Wildman–Crippen LogP) is 3.11. The van der Waals surface area contributed by atoms with Crippen LogP contribution < -0.4 is 5.32 Å². The zero-order chi connectivity index (χ0) is 24.6. The molecule has 2 aliphatic rings. The Morgan fingerprint density at radius 1 is 1.15 bits per heavy atom. The highest BCUT2D eigenvalue weighted by Crippen LogP contribution is 2.26. The van der Waals surface area contributed by atoms with Crippen molar-refractivity contribution < 1.29 is 37.3 Å². The van der Waals surface area contributed by atoms with E-state index < -0.39 is 12.1 Å². The van der Waals surface area contributed by atoms with Gasteiger partial charge in [-0.3, -0.25) is 9.48 Å². The number of carbonyl (C=O) groups excluding carboxylic acids is 1. The van der Waals surface area contributed by atoms with E-state index in [1.807, 2.05) is 22.9 Å². The van der Waals surface area contributed by atoms with Crippen LogP contribution in [0.15, 0.2) is 36.5 Å². The normalized spacial score (nSPS) is 18.4. The van der Waals surface area contributed by atoms with Gasteiger partial charge in [0.15, 0.2) is 0 Å². The molecule has 8 nitrogen and oxygen atoms in total. The van der Waals surface area contributed by atoms with Gasteiger partial charge in [0.05, 0.1) is 18.8 Å². The average Bonchev–Trinajstić information content (AvgIpc) is 3.22. The Morgan fingerprint density at radius 3 is 2.47 bits per heavy atom. The summed E-state index contributed by atoms with van der Waals surface area (Å²) < 4.78 is 45.0. The van der Waals surface area contributed by atoms with E-state index in [0.29, 0.717) is 25.5 Å². The second kappa shape index (κ2) is 12.0. The van der Waals surface area contributed by atoms with E-state index >= 15 is 0 Å². The van der Waals surface area contributed by atoms with Crippen LogP contribution in [-0.4, -0.2) is 59.3 Å². The van der Waals surface area contributed by atoms with Crippen LogP contribution in [0, 0.1) is 5.92 Å². The topological polar surface area (TPSA) is 103 Å². The first kappa shape index (κ1) is 25.7. The number of hydrogen-bond donors (Lipinski definition) is 2. The maximum atomic E-state index is 12.3. The summed E-state index contributed by atoms with van der Waals surface area (Å²) in [4.78, 5) is 21.2. The first-order chi connectivity index (χ1) is 16.2. The fourth-order valence-electron chi connectivity index (χ4n) is 3.83. The SMILES string of the molecule is O=C(CC1CCOCC1)NCC1OCCc2cn(Cc3ccccc3)nc21.O=C(O)C(F)(F)F. The van der Waals surface area contributed by atoms with Crippen LogP contribution in [0.1, 0.15) is 42.2 Å². The van der Waals surface area contributed by atoms with Crippen LogP contribution >= 0.6 is 0 Å². The lowest BCUT2D eigenvalue weighted by Gasteiger charge is -2.24. The van der Waals surface area contributed by atoms with E-state index in [0.717, 1.165) is 44.7 Å². The van der Waals surface area contributed by atoms with Crippen molar-refractivity contribution in [1.82, 2.24) is 15.1 Å². The Bertz CT molecular complexity index is 943. The van der Waals surface area contributed by atoms with Gasteiger partial charge in [-0.05, 0) is 36.3 Å². The Morgan fingerprint density at radius 2 is 1.82 bits per heavy atom. The number of nitrogens with zero attached hydrogens (tertiary/aromatic N) is 2. The number of carbonyl (C=O) groups is 2. The molecule has 186 valence electrons. The van der Waals surface area contributed by atoms with Crippen molar-refractivity contribution in [1.29, 1.82) is 0 Å². The lowest BCUT2D eigenvalue weighted by molar-refractivity contribution is -0.192. The van der Waals surface area contributed by atoms with Gasteiger partial charge in [-0.25, -0.2) is 4.79 Å². The molecule has 2 aliphatic heterocycles. The van der Waals surface area contributed by atoms with Crippen LogP contribution in [0.4, 0.5) is 13.2 Å². The number of carboxylic acids is 1. The van der Waals surface area contributed by atoms with Crippen LogP contribution in [0.3, 0.4) is 0 Å². The Balaban J connectivity index is 0.000000406. The molecule has 11 heteroatoms. The minimum Gasteiger partial charge on any atom is -0.475 e. The molecule has 1 atom stereocenters. The van der Waals surface area contributed by atoms with Crippen molar-refractivity contribution in [2.75, 3.05) is 26.4 Å². The zero-order valence-electron chi connectivity index (χ0n) is 18.6. The van der Waals surface area contributed by atoms with Gasteiger partial charge in [0, 0.05) is 32.4 Å². The Labute approximate surface area is 195 Å². The number of amides is 1. The maximum Gasteiger partial charge on any atom is 0.490 e. The number of alkyl halides is 3. The van der Waals surface area contributed by atoms with Gasteiger partial charge < -0.3 is 19.9 Å². The van der Waals surface area contributed by atoms with Gasteiger partial charge in [0.2, 0.25) is 5.91 Å². The molecule has 3 heterocycles. The molecule has 1 unspecified atom stereocenters. The summed E-state index contributed by atoms with van der Waals surface area (Å²) in [5, 5.41) is 14.9. The molecule has 0 bridgehead atoms. The number of carboxylic acid groups (broad SMARTS) is 1. The molecule has 1 amide bonds. The lowest BCUT2D eigenvalue weighted by atomic mass is 9.96. The van der Waals surface area contributed by atoms with Crippen molar-refractivity contribution in [3.05, 3.63) is 53.3 Å². The van der Waals surface area contributed by atoms with E-state index in [1.54, 1.807) is 0 Å². The molecule has 1 fully saturated rings. The Hall–Kier alpha value is -2.92. The highest BCUT2D eigenvalue weighted by Gasteiger charge is 2.38. The minimum absolute atomic E-state index is 0.0985. The van der Waals surface area contributed by atoms with Crippen LogP contribution in [0.2, 0.25) is 0 Å². The highest BCUT2D eigenvalue weighted by atomic mass is 19.4. The summed E-state index contributed by atoms with van der Waals surface area (Å²) >= 11 is 0. The van der Waals surface area contributed by atoms with E-state index in [2.05, 4.69) is 23.6 Å². The lowest BCUT2D eigenvalue weighted by Crippen LogP contribution is -2.33. The van der Waals surface area contributed by atoms with E-state index in [9.17, 15) is 18.0 Å². The molecule has 1 saturated heterocycles. The van der Waals surface area contributed by atoms with E-state index in [1.165, 1.54) is 11.1 Å². The van der Waals surface area contributed by atoms with E-state index in [-0.39, 0.29) is 12.0 Å². The summed E-state index contributed by atoms with van der Waals surface area (Å²) in [5.74, 6) is -2.22. The number of ether oxygens (including phenoxy) is 2. The molecule has 2 aromatic rings. The number of rotatable bonds is 6. The van der Waals surface area contributed by atoms with Crippen molar-refractivity contribution >= 4 is 11.9 Å². The molecular weight excluding hydrogens is 455 g/mol. The molecule has 1 aromatic carbocycles. The van der Waals surface area contributed by atoms with Crippen molar-refractivity contribution in [2.45, 2.75) is 44.5 Å². The molecule has 0 radical (unpaired) electrons. The first-order valence-corrected chi connectivity index (χ1v) is 11.1. The third-order valence-corrected chi connectivity index (χ3v) is 5.59. The number of benzene rings is 1. The second-order valence-corrected chi connectivity index (χ2v) is 8.20. The van der Waals surface area contributed by atoms with Gasteiger partial charge in [-0.2, -0.15) is 18.3 Å². The molecule has 4 rings (SSSR count). The van der Waals surface area contributed by atoms with Crippen LogP contribution in [0.25, 0.3) is 0 Å². The average molecular weight is 483 g/mol. The smallest absolute Gasteiger partial charge is 0.475 e. The molecule has 34 heavy (non-hydrogen) atoms. The summed E-state index contributed by atoms with van der Waals surface area (Å²) in [6.45, 7) is 3.44. The van der Waals surface area contributed by atoms with Crippen molar-refractivity contribution in [3.63, 3.8) is 0 Å². The summed E-state index contributed by atoms with van der Waals surface area (Å²) in [7, 11) is 0. The fraction of sp³-hybridized carbons (Fsp3) is 0.522. The molecule has 1 aromatic heterocycles. The fourth-order valence-corrected chi connectivity index (χ4v) is 3.83. The number of fused-ring (bicyclic) bond motifs is 1. The summed E-state index contributed by atoms with van der Waals surface area (Å²) in [6.07, 6.45) is 0.261. The monoisotopic (exact) mass is 483 g/mol. The van der Waals surface area contributed by atoms with Crippen molar-refractivity contribution in [2.24, 2.45) is 5.92 Å². The Kier molecular flexibility index (Phi) is 9.05. The van der Waals surface area contributed by atoms with Gasteiger partial charge in [-0.15, -0.1) is 0 Å². The van der Waals surface area contributed by atoms with Gasteiger partial charge in [-0.1, -0.05) is 30.3 Å². The second-order valence-electron chi connectivity index (χ2n) is 8.20. The standard InChI is InChI=1S/C21H27N3O3.C2HF3O2/c25-20(12-16-6-9-26-10-7-16)22-13-19-21-18(8-11-27-19)15-24(23-21)14-17-4-2-1-3-5-17;3-2(4,5)1(6)7/h1-5,15-16,19H,6-14H2,(H,22,25);(H,6,7). The van der Waals surface area contributed by atoms with Crippen LogP contribution in [-0.2, 0) is 32.0 Å². The molecule has 0 spiro atoms. The molecule has 2 N–H and O–H groups in total. The third-order valence-electron chi connectivity index (χ3n) is 5.59. The summed E-state index contributed by atoms with van der Waals surface area (Å²) in [5.41, 5.74) is 3.41. The minimum atomic E-state index is -5.08. The largest absolute Gasteiger partial charge is 0.490 e. The van der Waals surface area contributed by atoms with Gasteiger partial charge in [0.25, 0.3) is 0 Å². The quantitative estimate of drug-likeness (QED) is 0.655. The number of halogens is 3. The molecular formula is C23H28F3N3O5. The highest BCUT2D eigenvalue weighted by molar-refractivity contribution is 5.76. The van der Waals surface area contributed by atoms with Crippen LogP contribution in [0.5, 0.6) is 0 Å². The summed E-state index contributed by atoms with van der Waals surface area (Å²) in [6, 6.07) is 10.3. The first-order valence-electron chi connectivity index (χ1n) is 11.1. The maximum absolute atomic E-state index is 12.3. The van der Waals surface area contributed by atoms with Gasteiger partial charge in [0.1, 0.15) is 6.10 Å². The van der Waals surface area contributed by atoms with E-state index in [4.69, 9.17) is 24.5 Å². The predicted molar refractivity (Wildman–Crippen MR) is 115 cm³/mol. The third kappa shape index (κ3) is 7.84. The van der Waals surface area contributed by atoms with Crippen molar-refractivity contribution in [3.8, 4) is 0 Å². The number of aliphatic carboxylic acids is 1. The molecule has 0 saturated carbocycles. The van der Waals surface area contributed by atoms with Gasteiger partial charge >= 0.3 is 12.1 Å². The number of aromatic nitrogens is 2. The molecule has 0 aliphatic carbocycles. The number of nitrogens with one attached hydrogen (secondary N) is 1. The number of hydrogen-bond acceptors (Lipinski definition) is 5.